The molecule has 0 unspecified atom stereocenters. The molecular formula is C7H14N2. The summed E-state index contributed by atoms with van der Waals surface area (Å²) >= 11 is 0. The molecule has 0 aliphatic heterocycles. The van der Waals surface area contributed by atoms with Gasteiger partial charge in [-0.05, 0) is 13.3 Å². The van der Waals surface area contributed by atoms with Crippen molar-refractivity contribution in [2.24, 2.45) is 10.7 Å². The summed E-state index contributed by atoms with van der Waals surface area (Å²) in [6.45, 7) is 7.57. The van der Waals surface area contributed by atoms with Gasteiger partial charge >= 0.3 is 0 Å². The summed E-state index contributed by atoms with van der Waals surface area (Å²) in [6, 6.07) is 0. The summed E-state index contributed by atoms with van der Waals surface area (Å²) in [4.78, 5) is 3.97. The van der Waals surface area contributed by atoms with Gasteiger partial charge in [-0.15, -0.1) is 0 Å². The van der Waals surface area contributed by atoms with Crippen LogP contribution >= 0.6 is 0 Å². The third kappa shape index (κ3) is 5.07. The van der Waals surface area contributed by atoms with E-state index in [-0.39, 0.29) is 0 Å². The minimum atomic E-state index is 0.591. The van der Waals surface area contributed by atoms with Gasteiger partial charge in [0.15, 0.2) is 0 Å². The molecule has 0 rings (SSSR count). The first kappa shape index (κ1) is 8.21. The predicted octanol–water partition coefficient (Wildman–Crippen LogP) is 1.68. The largest absolute Gasteiger partial charge is 0.387 e. The lowest BCUT2D eigenvalue weighted by molar-refractivity contribution is 0.896. The maximum atomic E-state index is 5.31. The van der Waals surface area contributed by atoms with E-state index in [1.165, 1.54) is 0 Å². The monoisotopic (exact) mass is 126 g/mol. The summed E-state index contributed by atoms with van der Waals surface area (Å²) in [7, 11) is 0. The third-order valence-corrected chi connectivity index (χ3v) is 0.873. The Morgan fingerprint density at radius 3 is 2.56 bits per heavy atom. The van der Waals surface area contributed by atoms with Gasteiger partial charge in [-0.25, -0.2) is 4.99 Å². The molecule has 0 amide bonds. The Kier molecular flexibility index (Phi) is 3.76. The number of aliphatic imine (C=N–C) groups is 1. The summed E-state index contributed by atoms with van der Waals surface area (Å²) < 4.78 is 0. The molecule has 0 aliphatic carbocycles. The number of hydrogen-bond acceptors (Lipinski definition) is 1. The second-order valence-electron chi connectivity index (χ2n) is 2.07. The van der Waals surface area contributed by atoms with Crippen LogP contribution in [0, 0.1) is 0 Å². The average molecular weight is 126 g/mol. The van der Waals surface area contributed by atoms with E-state index in [0.29, 0.717) is 5.84 Å². The van der Waals surface area contributed by atoms with Gasteiger partial charge in [-0.2, -0.15) is 0 Å². The molecule has 2 N–H and O–H groups in total. The number of rotatable bonds is 3. The highest BCUT2D eigenvalue weighted by molar-refractivity contribution is 5.78. The molecule has 0 bridgehead atoms. The minimum absolute atomic E-state index is 0.591. The van der Waals surface area contributed by atoms with E-state index < -0.39 is 0 Å². The highest BCUT2D eigenvalue weighted by Gasteiger charge is 1.86. The van der Waals surface area contributed by atoms with Crippen molar-refractivity contribution in [2.45, 2.75) is 26.7 Å². The highest BCUT2D eigenvalue weighted by atomic mass is 14.8. The smallest absolute Gasteiger partial charge is 0.0960 e. The summed E-state index contributed by atoms with van der Waals surface area (Å²) in [6.07, 6.45) is 2.02. The van der Waals surface area contributed by atoms with Crippen molar-refractivity contribution in [3.05, 3.63) is 12.3 Å². The third-order valence-electron chi connectivity index (χ3n) is 0.873. The highest BCUT2D eigenvalue weighted by Crippen LogP contribution is 2.01. The van der Waals surface area contributed by atoms with Gasteiger partial charge in [-0.1, -0.05) is 19.9 Å². The van der Waals surface area contributed by atoms with Gasteiger partial charge in [0.2, 0.25) is 0 Å². The Balaban J connectivity index is 3.63. The van der Waals surface area contributed by atoms with Gasteiger partial charge in [0.1, 0.15) is 0 Å². The van der Waals surface area contributed by atoms with Crippen LogP contribution in [0.1, 0.15) is 26.7 Å². The number of nitrogens with two attached hydrogens (primary N) is 1. The molecule has 52 valence electrons. The Morgan fingerprint density at radius 1 is 1.67 bits per heavy atom. The van der Waals surface area contributed by atoms with Crippen molar-refractivity contribution in [3.63, 3.8) is 0 Å². The van der Waals surface area contributed by atoms with Crippen molar-refractivity contribution in [2.75, 3.05) is 0 Å². The standard InChI is InChI=1S/C7H14N2/c1-4-5-6(2)9-7(3)8/h2,4-5H2,1,3H3,(H2,8,9). The predicted molar refractivity (Wildman–Crippen MR) is 41.3 cm³/mol. The van der Waals surface area contributed by atoms with E-state index >= 15 is 0 Å². The average Bonchev–Trinajstić information content (AvgIpc) is 1.63. The zero-order valence-corrected chi connectivity index (χ0v) is 6.15. The Hall–Kier alpha value is -0.790. The van der Waals surface area contributed by atoms with Crippen molar-refractivity contribution in [3.8, 4) is 0 Å². The van der Waals surface area contributed by atoms with E-state index in [9.17, 15) is 0 Å². The van der Waals surface area contributed by atoms with Gasteiger partial charge in [0.25, 0.3) is 0 Å². The molecule has 0 aliphatic rings. The molecule has 0 saturated carbocycles. The van der Waals surface area contributed by atoms with Crippen LogP contribution < -0.4 is 5.73 Å². The van der Waals surface area contributed by atoms with Crippen molar-refractivity contribution in [1.82, 2.24) is 0 Å². The SMILES string of the molecule is C=C(CCC)N=C(C)N. The van der Waals surface area contributed by atoms with Crippen molar-refractivity contribution in [1.29, 1.82) is 0 Å². The lowest BCUT2D eigenvalue weighted by atomic mass is 10.3. The van der Waals surface area contributed by atoms with E-state index in [1.54, 1.807) is 6.92 Å². The normalized spacial score (nSPS) is 11.6. The zero-order valence-electron chi connectivity index (χ0n) is 6.15. The van der Waals surface area contributed by atoms with Crippen LogP contribution in [0.2, 0.25) is 0 Å². The summed E-state index contributed by atoms with van der Waals surface area (Å²) in [5, 5.41) is 0. The zero-order chi connectivity index (χ0) is 7.28. The first-order valence-corrected chi connectivity index (χ1v) is 3.15. The fourth-order valence-electron chi connectivity index (χ4n) is 0.594. The lowest BCUT2D eigenvalue weighted by Crippen LogP contribution is -2.04. The van der Waals surface area contributed by atoms with Gasteiger partial charge < -0.3 is 5.73 Å². The van der Waals surface area contributed by atoms with Gasteiger partial charge in [0, 0.05) is 5.70 Å². The number of hydrogen-bond donors (Lipinski definition) is 1. The molecule has 0 atom stereocenters. The van der Waals surface area contributed by atoms with Crippen LogP contribution in [-0.2, 0) is 0 Å². The molecule has 0 aromatic rings. The molecule has 0 saturated heterocycles. The molecule has 0 heterocycles. The van der Waals surface area contributed by atoms with Gasteiger partial charge in [-0.3, -0.25) is 0 Å². The molecule has 0 radical (unpaired) electrons. The van der Waals surface area contributed by atoms with Gasteiger partial charge in [0.05, 0.1) is 5.84 Å². The molecule has 9 heavy (non-hydrogen) atoms. The summed E-state index contributed by atoms with van der Waals surface area (Å²) in [5.41, 5.74) is 6.19. The summed E-state index contributed by atoms with van der Waals surface area (Å²) in [5.74, 6) is 0.591. The fraction of sp³-hybridized carbons (Fsp3) is 0.571. The first-order chi connectivity index (χ1) is 4.16. The van der Waals surface area contributed by atoms with Crippen LogP contribution in [0.25, 0.3) is 0 Å². The number of nitrogens with zero attached hydrogens (tertiary/aromatic N) is 1. The maximum absolute atomic E-state index is 5.31. The van der Waals surface area contributed by atoms with Crippen LogP contribution in [0.4, 0.5) is 0 Å². The van der Waals surface area contributed by atoms with E-state index in [0.717, 1.165) is 18.5 Å². The molecule has 0 spiro atoms. The molecule has 0 aromatic heterocycles. The second-order valence-corrected chi connectivity index (χ2v) is 2.07. The second kappa shape index (κ2) is 4.13. The quantitative estimate of drug-likeness (QED) is 0.453. The maximum Gasteiger partial charge on any atom is 0.0960 e. The van der Waals surface area contributed by atoms with E-state index in [1.807, 2.05) is 0 Å². The van der Waals surface area contributed by atoms with E-state index in [2.05, 4.69) is 18.5 Å². The molecule has 2 nitrogen and oxygen atoms in total. The Morgan fingerprint density at radius 2 is 2.22 bits per heavy atom. The Labute approximate surface area is 56.5 Å². The lowest BCUT2D eigenvalue weighted by Gasteiger charge is -1.94. The van der Waals surface area contributed by atoms with Crippen molar-refractivity contribution >= 4 is 5.84 Å². The van der Waals surface area contributed by atoms with Crippen molar-refractivity contribution < 1.29 is 0 Å². The number of allylic oxidation sites excluding steroid dienone is 1. The number of amidine groups is 1. The Bertz CT molecular complexity index is 121. The van der Waals surface area contributed by atoms with E-state index in [4.69, 9.17) is 5.73 Å². The minimum Gasteiger partial charge on any atom is -0.387 e. The molecule has 0 fully saturated rings. The van der Waals surface area contributed by atoms with Crippen LogP contribution in [-0.4, -0.2) is 5.84 Å². The molecule has 0 aromatic carbocycles. The van der Waals surface area contributed by atoms with Crippen LogP contribution in [0.5, 0.6) is 0 Å². The van der Waals surface area contributed by atoms with Crippen LogP contribution in [0.3, 0.4) is 0 Å². The fourth-order valence-corrected chi connectivity index (χ4v) is 0.594. The first-order valence-electron chi connectivity index (χ1n) is 3.15. The molecule has 2 heteroatoms. The van der Waals surface area contributed by atoms with Crippen LogP contribution in [0.15, 0.2) is 17.3 Å². The topological polar surface area (TPSA) is 38.4 Å². The molecular weight excluding hydrogens is 112 g/mol.